The van der Waals surface area contributed by atoms with Gasteiger partial charge >= 0.3 is 0 Å². The van der Waals surface area contributed by atoms with E-state index in [1.165, 1.54) is 0 Å². The Morgan fingerprint density at radius 3 is 2.56 bits per heavy atom. The van der Waals surface area contributed by atoms with Gasteiger partial charge in [-0.05, 0) is 35.1 Å². The third-order valence-corrected chi connectivity index (χ3v) is 4.18. The van der Waals surface area contributed by atoms with Crippen molar-refractivity contribution in [2.75, 3.05) is 19.5 Å². The molecule has 2 N–H and O–H groups in total. The molecule has 2 rings (SSSR count). The summed E-state index contributed by atoms with van der Waals surface area (Å²) in [7, 11) is 1.69. The van der Waals surface area contributed by atoms with E-state index in [0.29, 0.717) is 12.4 Å². The third-order valence-electron chi connectivity index (χ3n) is 2.85. The van der Waals surface area contributed by atoms with Crippen LogP contribution in [-0.2, 0) is 4.74 Å². The monoisotopic (exact) mass is 357 g/mol. The number of ether oxygens (including phenoxy) is 1. The van der Waals surface area contributed by atoms with Crippen molar-refractivity contribution in [3.8, 4) is 0 Å². The highest BCUT2D eigenvalue weighted by Crippen LogP contribution is 2.26. The number of hydrogen-bond acceptors (Lipinski definition) is 3. The maximum atomic E-state index is 6.11. The average molecular weight is 357 g/mol. The second kappa shape index (κ2) is 5.71. The Morgan fingerprint density at radius 2 is 2.06 bits per heavy atom. The summed E-state index contributed by atoms with van der Waals surface area (Å²) >= 11 is 2.22. The Morgan fingerprint density at radius 1 is 1.39 bits per heavy atom. The van der Waals surface area contributed by atoms with Crippen LogP contribution in [-0.4, -0.2) is 23.5 Å². The highest BCUT2D eigenvalue weighted by molar-refractivity contribution is 14.1. The number of benzene rings is 1. The van der Waals surface area contributed by atoms with Gasteiger partial charge in [0.2, 0.25) is 0 Å². The molecule has 0 saturated carbocycles. The lowest BCUT2D eigenvalue weighted by Crippen LogP contribution is -2.19. The average Bonchev–Trinajstić information content (AvgIpc) is 2.65. The zero-order valence-corrected chi connectivity index (χ0v) is 12.6. The van der Waals surface area contributed by atoms with Gasteiger partial charge in [-0.2, -0.15) is 5.10 Å². The number of anilines is 1. The summed E-state index contributed by atoms with van der Waals surface area (Å²) in [6, 6.07) is 10.2. The van der Waals surface area contributed by atoms with Crippen molar-refractivity contribution >= 4 is 28.4 Å². The van der Waals surface area contributed by atoms with E-state index in [9.17, 15) is 0 Å². The summed E-state index contributed by atoms with van der Waals surface area (Å²) < 4.78 is 8.15. The van der Waals surface area contributed by atoms with Gasteiger partial charge in [-0.15, -0.1) is 0 Å². The van der Waals surface area contributed by atoms with Gasteiger partial charge in [0.1, 0.15) is 11.9 Å². The van der Waals surface area contributed by atoms with E-state index in [1.807, 2.05) is 29.8 Å². The van der Waals surface area contributed by atoms with E-state index in [-0.39, 0.29) is 6.04 Å². The van der Waals surface area contributed by atoms with E-state index in [4.69, 9.17) is 10.5 Å². The first-order valence-electron chi connectivity index (χ1n) is 5.69. The molecule has 0 saturated heterocycles. The number of methoxy groups -OCH3 is 1. The lowest BCUT2D eigenvalue weighted by Gasteiger charge is -2.18. The van der Waals surface area contributed by atoms with Gasteiger partial charge < -0.3 is 10.5 Å². The topological polar surface area (TPSA) is 53.1 Å². The Bertz CT molecular complexity index is 525. The minimum atomic E-state index is 0.0124. The molecule has 2 aromatic rings. The maximum absolute atomic E-state index is 6.11. The van der Waals surface area contributed by atoms with Gasteiger partial charge in [0, 0.05) is 7.11 Å². The van der Waals surface area contributed by atoms with Crippen LogP contribution in [0, 0.1) is 10.5 Å². The van der Waals surface area contributed by atoms with Crippen LogP contribution in [0.5, 0.6) is 0 Å². The fourth-order valence-electron chi connectivity index (χ4n) is 1.92. The largest absolute Gasteiger partial charge is 0.383 e. The molecule has 0 radical (unpaired) electrons. The Labute approximate surface area is 120 Å². The molecular formula is C13H16IN3O. The number of rotatable bonds is 4. The number of nitrogens with two attached hydrogens (primary N) is 1. The zero-order valence-electron chi connectivity index (χ0n) is 10.4. The summed E-state index contributed by atoms with van der Waals surface area (Å²) in [5.41, 5.74) is 8.20. The molecule has 18 heavy (non-hydrogen) atoms. The van der Waals surface area contributed by atoms with Crippen molar-refractivity contribution in [1.82, 2.24) is 9.78 Å². The number of halogens is 1. The van der Waals surface area contributed by atoms with Crippen molar-refractivity contribution in [2.24, 2.45) is 0 Å². The van der Waals surface area contributed by atoms with Gasteiger partial charge in [0.05, 0.1) is 15.9 Å². The molecular weight excluding hydrogens is 341 g/mol. The van der Waals surface area contributed by atoms with Gasteiger partial charge in [-0.3, -0.25) is 0 Å². The second-order valence-corrected chi connectivity index (χ2v) is 5.19. The summed E-state index contributed by atoms with van der Waals surface area (Å²) in [5.74, 6) is 0.694. The van der Waals surface area contributed by atoms with Crippen LogP contribution in [0.15, 0.2) is 30.3 Å². The van der Waals surface area contributed by atoms with Crippen molar-refractivity contribution in [3.05, 3.63) is 45.2 Å². The predicted octanol–water partition coefficient (Wildman–Crippen LogP) is 2.61. The van der Waals surface area contributed by atoms with Gasteiger partial charge in [-0.25, -0.2) is 4.68 Å². The van der Waals surface area contributed by atoms with Crippen LogP contribution in [0.4, 0.5) is 5.82 Å². The molecule has 1 aromatic carbocycles. The molecule has 1 unspecified atom stereocenters. The van der Waals surface area contributed by atoms with E-state index in [0.717, 1.165) is 14.8 Å². The molecule has 0 aliphatic heterocycles. The Hall–Kier alpha value is -1.08. The van der Waals surface area contributed by atoms with Crippen LogP contribution in [0.25, 0.3) is 0 Å². The van der Waals surface area contributed by atoms with Crippen LogP contribution in [0.2, 0.25) is 0 Å². The zero-order chi connectivity index (χ0) is 13.1. The Kier molecular flexibility index (Phi) is 4.23. The van der Waals surface area contributed by atoms with Crippen molar-refractivity contribution < 1.29 is 4.74 Å². The molecule has 1 atom stereocenters. The number of nitrogens with zero attached hydrogens (tertiary/aromatic N) is 2. The molecule has 0 bridgehead atoms. The SMILES string of the molecule is COCC(c1ccccc1)n1nc(C)c(I)c1N. The molecule has 4 nitrogen and oxygen atoms in total. The van der Waals surface area contributed by atoms with E-state index >= 15 is 0 Å². The van der Waals surface area contributed by atoms with Crippen molar-refractivity contribution in [1.29, 1.82) is 0 Å². The van der Waals surface area contributed by atoms with Gasteiger partial charge in [-0.1, -0.05) is 30.3 Å². The lowest BCUT2D eigenvalue weighted by atomic mass is 10.1. The molecule has 0 spiro atoms. The highest BCUT2D eigenvalue weighted by atomic mass is 127. The number of aryl methyl sites for hydroxylation is 1. The van der Waals surface area contributed by atoms with Crippen LogP contribution in [0.1, 0.15) is 17.3 Å². The first-order chi connectivity index (χ1) is 8.65. The van der Waals surface area contributed by atoms with Crippen LogP contribution in [0.3, 0.4) is 0 Å². The van der Waals surface area contributed by atoms with Crippen LogP contribution >= 0.6 is 22.6 Å². The van der Waals surface area contributed by atoms with E-state index in [2.05, 4.69) is 39.8 Å². The highest BCUT2D eigenvalue weighted by Gasteiger charge is 2.19. The summed E-state index contributed by atoms with van der Waals surface area (Å²) in [4.78, 5) is 0. The quantitative estimate of drug-likeness (QED) is 0.856. The van der Waals surface area contributed by atoms with Crippen LogP contribution < -0.4 is 5.73 Å². The molecule has 0 aliphatic carbocycles. The van der Waals surface area contributed by atoms with Gasteiger partial charge in [0.25, 0.3) is 0 Å². The molecule has 0 aliphatic rings. The fraction of sp³-hybridized carbons (Fsp3) is 0.308. The predicted molar refractivity (Wildman–Crippen MR) is 80.6 cm³/mol. The lowest BCUT2D eigenvalue weighted by molar-refractivity contribution is 0.165. The molecule has 0 amide bonds. The maximum Gasteiger partial charge on any atom is 0.136 e. The molecule has 5 heteroatoms. The van der Waals surface area contributed by atoms with Gasteiger partial charge in [0.15, 0.2) is 0 Å². The first kappa shape index (κ1) is 13.4. The van der Waals surface area contributed by atoms with Crippen molar-refractivity contribution in [2.45, 2.75) is 13.0 Å². The molecule has 0 fully saturated rings. The fourth-order valence-corrected chi connectivity index (χ4v) is 2.28. The van der Waals surface area contributed by atoms with E-state index in [1.54, 1.807) is 7.11 Å². The summed E-state index contributed by atoms with van der Waals surface area (Å²) in [5, 5.41) is 4.51. The summed E-state index contributed by atoms with van der Waals surface area (Å²) in [6.07, 6.45) is 0. The van der Waals surface area contributed by atoms with E-state index < -0.39 is 0 Å². The number of nitrogen functional groups attached to an aromatic ring is 1. The third kappa shape index (κ3) is 2.51. The minimum Gasteiger partial charge on any atom is -0.383 e. The number of aromatic nitrogens is 2. The second-order valence-electron chi connectivity index (χ2n) is 4.11. The summed E-state index contributed by atoms with van der Waals surface area (Å²) in [6.45, 7) is 2.51. The smallest absolute Gasteiger partial charge is 0.136 e. The number of hydrogen-bond donors (Lipinski definition) is 1. The molecule has 96 valence electrons. The molecule has 1 heterocycles. The Balaban J connectivity index is 2.45. The standard InChI is InChI=1S/C13H16IN3O/c1-9-12(14)13(15)17(16-9)11(8-18-2)10-6-4-3-5-7-10/h3-7,11H,8,15H2,1-2H3. The van der Waals surface area contributed by atoms with Crippen molar-refractivity contribution in [3.63, 3.8) is 0 Å². The normalized spacial score (nSPS) is 12.6. The minimum absolute atomic E-state index is 0.0124. The molecule has 1 aromatic heterocycles. The first-order valence-corrected chi connectivity index (χ1v) is 6.77.